The third kappa shape index (κ3) is 5.18. The van der Waals surface area contributed by atoms with Crippen molar-refractivity contribution in [2.75, 3.05) is 19.8 Å². The number of rotatable bonds is 9. The van der Waals surface area contributed by atoms with Gasteiger partial charge < -0.3 is 20.1 Å². The molecule has 0 bridgehead atoms. The lowest BCUT2D eigenvalue weighted by atomic mass is 9.98. The van der Waals surface area contributed by atoms with Crippen molar-refractivity contribution in [1.29, 1.82) is 0 Å². The molecule has 192 valence electrons. The number of urea groups is 1. The molecular formula is C29H26N4O5. The average molecular weight is 511 g/mol. The van der Waals surface area contributed by atoms with E-state index in [9.17, 15) is 14.4 Å². The van der Waals surface area contributed by atoms with Crippen molar-refractivity contribution in [1.82, 2.24) is 20.5 Å². The van der Waals surface area contributed by atoms with Gasteiger partial charge >= 0.3 is 6.03 Å². The number of aliphatic hydroxyl groups is 1. The number of ether oxygens (including phenoxy) is 1. The number of benzene rings is 3. The molecule has 1 aromatic heterocycles. The lowest BCUT2D eigenvalue weighted by Crippen LogP contribution is -2.42. The second-order valence-corrected chi connectivity index (χ2v) is 8.87. The van der Waals surface area contributed by atoms with Crippen LogP contribution in [0.5, 0.6) is 5.75 Å². The third-order valence-corrected chi connectivity index (χ3v) is 6.48. The minimum Gasteiger partial charge on any atom is -0.491 e. The molecule has 1 aliphatic heterocycles. The molecular weight excluding hydrogens is 484 g/mol. The lowest BCUT2D eigenvalue weighted by Gasteiger charge is -2.25. The second kappa shape index (κ2) is 11.1. The Labute approximate surface area is 219 Å². The molecule has 0 unspecified atom stereocenters. The monoisotopic (exact) mass is 510 g/mol. The number of aliphatic hydroxyl groups excluding tert-OH is 1. The predicted octanol–water partition coefficient (Wildman–Crippen LogP) is 3.43. The van der Waals surface area contributed by atoms with E-state index in [1.54, 1.807) is 23.2 Å². The van der Waals surface area contributed by atoms with Gasteiger partial charge in [0, 0.05) is 35.8 Å². The first kappa shape index (κ1) is 24.9. The molecule has 9 nitrogen and oxygen atoms in total. The first-order valence-electron chi connectivity index (χ1n) is 12.2. The van der Waals surface area contributed by atoms with Gasteiger partial charge in [-0.15, -0.1) is 0 Å². The van der Waals surface area contributed by atoms with E-state index in [4.69, 9.17) is 9.84 Å². The summed E-state index contributed by atoms with van der Waals surface area (Å²) < 4.78 is 5.44. The normalized spacial score (nSPS) is 13.2. The van der Waals surface area contributed by atoms with Gasteiger partial charge in [-0.3, -0.25) is 19.9 Å². The van der Waals surface area contributed by atoms with Crippen LogP contribution in [0.25, 0.3) is 22.0 Å². The molecule has 4 aromatic rings. The Bertz CT molecular complexity index is 1480. The van der Waals surface area contributed by atoms with Crippen molar-refractivity contribution in [2.24, 2.45) is 0 Å². The minimum absolute atomic E-state index is 0.122. The Morgan fingerprint density at radius 2 is 1.89 bits per heavy atom. The van der Waals surface area contributed by atoms with Gasteiger partial charge in [-0.25, -0.2) is 4.79 Å². The number of carbonyl (C=O) groups excluding carboxylic acids is 3. The number of carbonyl (C=O) groups is 3. The largest absolute Gasteiger partial charge is 0.491 e. The van der Waals surface area contributed by atoms with Gasteiger partial charge in [0.25, 0.3) is 5.91 Å². The van der Waals surface area contributed by atoms with Gasteiger partial charge in [-0.2, -0.15) is 0 Å². The summed E-state index contributed by atoms with van der Waals surface area (Å²) in [5.41, 5.74) is 5.00. The maximum atomic E-state index is 13.2. The first-order valence-corrected chi connectivity index (χ1v) is 12.2. The van der Waals surface area contributed by atoms with Crippen LogP contribution >= 0.6 is 0 Å². The van der Waals surface area contributed by atoms with Crippen LogP contribution in [-0.2, 0) is 11.3 Å². The Morgan fingerprint density at radius 3 is 2.68 bits per heavy atom. The maximum absolute atomic E-state index is 13.2. The molecule has 38 heavy (non-hydrogen) atoms. The van der Waals surface area contributed by atoms with Crippen molar-refractivity contribution in [3.05, 3.63) is 95.7 Å². The summed E-state index contributed by atoms with van der Waals surface area (Å²) in [6.45, 7) is 0.589. The Morgan fingerprint density at radius 1 is 1.08 bits per heavy atom. The van der Waals surface area contributed by atoms with Crippen LogP contribution in [0.3, 0.4) is 0 Å². The molecule has 0 radical (unpaired) electrons. The van der Waals surface area contributed by atoms with Crippen LogP contribution in [0.1, 0.15) is 27.5 Å². The fourth-order valence-corrected chi connectivity index (χ4v) is 4.68. The van der Waals surface area contributed by atoms with Crippen LogP contribution in [0, 0.1) is 0 Å². The van der Waals surface area contributed by atoms with Crippen LogP contribution in [-0.4, -0.2) is 53.1 Å². The number of hydrogen-bond acceptors (Lipinski definition) is 6. The highest BCUT2D eigenvalue weighted by Crippen LogP contribution is 2.31. The SMILES string of the molecule is O=CNC(=O)N[C@@H](CN1Cc2ccc(OCCO)cc2C1=O)c1ccc(-c2cccc3cccnc23)cc1. The summed E-state index contributed by atoms with van der Waals surface area (Å²) in [7, 11) is 0. The van der Waals surface area contributed by atoms with E-state index in [0.29, 0.717) is 24.3 Å². The standard InChI is InChI=1S/C29H26N4O5/c34-13-14-38-23-11-10-22-16-33(28(36)25(22)15-23)17-26(32-29(37)31-18-35)20-8-6-19(7-9-20)24-5-1-3-21-4-2-12-30-27(21)24/h1-12,15,18,26,34H,13-14,16-17H2,(H2,31,32,35,37)/t26-/m0/s1. The van der Waals surface area contributed by atoms with Crippen LogP contribution in [0.4, 0.5) is 4.79 Å². The second-order valence-electron chi connectivity index (χ2n) is 8.87. The maximum Gasteiger partial charge on any atom is 0.321 e. The Hall–Kier alpha value is -4.76. The molecule has 9 heteroatoms. The van der Waals surface area contributed by atoms with E-state index in [2.05, 4.69) is 15.6 Å². The Kier molecular flexibility index (Phi) is 7.28. The number of nitrogens with one attached hydrogen (secondary N) is 2. The van der Waals surface area contributed by atoms with E-state index >= 15 is 0 Å². The van der Waals surface area contributed by atoms with Gasteiger partial charge in [0.15, 0.2) is 0 Å². The van der Waals surface area contributed by atoms with Crippen molar-refractivity contribution in [3.63, 3.8) is 0 Å². The van der Waals surface area contributed by atoms with E-state index < -0.39 is 12.1 Å². The summed E-state index contributed by atoms with van der Waals surface area (Å²) in [5, 5.41) is 14.9. The molecule has 4 amide bonds. The van der Waals surface area contributed by atoms with Gasteiger partial charge in [-0.1, -0.05) is 54.6 Å². The summed E-state index contributed by atoms with van der Waals surface area (Å²) in [4.78, 5) is 42.5. The fraction of sp³-hybridized carbons (Fsp3) is 0.172. The zero-order chi connectivity index (χ0) is 26.5. The minimum atomic E-state index is -0.656. The zero-order valence-electron chi connectivity index (χ0n) is 20.5. The molecule has 0 spiro atoms. The molecule has 1 atom stereocenters. The van der Waals surface area contributed by atoms with Crippen LogP contribution in [0.2, 0.25) is 0 Å². The molecule has 2 heterocycles. The quantitative estimate of drug-likeness (QED) is 0.297. The van der Waals surface area contributed by atoms with Crippen molar-refractivity contribution >= 4 is 29.3 Å². The van der Waals surface area contributed by atoms with E-state index in [0.717, 1.165) is 33.2 Å². The van der Waals surface area contributed by atoms with Gasteiger partial charge in [-0.05, 0) is 34.9 Å². The highest BCUT2D eigenvalue weighted by molar-refractivity contribution is 5.99. The average Bonchev–Trinajstić information content (AvgIpc) is 3.25. The van der Waals surface area contributed by atoms with Gasteiger partial charge in [0.1, 0.15) is 12.4 Å². The predicted molar refractivity (Wildman–Crippen MR) is 141 cm³/mol. The Balaban J connectivity index is 1.39. The smallest absolute Gasteiger partial charge is 0.321 e. The molecule has 0 saturated heterocycles. The van der Waals surface area contributed by atoms with Crippen molar-refractivity contribution < 1.29 is 24.2 Å². The topological polar surface area (TPSA) is 121 Å². The fourth-order valence-electron chi connectivity index (χ4n) is 4.68. The van der Waals surface area contributed by atoms with Crippen molar-refractivity contribution in [3.8, 4) is 16.9 Å². The highest BCUT2D eigenvalue weighted by Gasteiger charge is 2.30. The van der Waals surface area contributed by atoms with E-state index in [-0.39, 0.29) is 25.7 Å². The van der Waals surface area contributed by atoms with Crippen LogP contribution in [0.15, 0.2) is 79.0 Å². The molecule has 0 fully saturated rings. The number of hydrogen-bond donors (Lipinski definition) is 3. The summed E-state index contributed by atoms with van der Waals surface area (Å²) in [5.74, 6) is 0.321. The first-order chi connectivity index (χ1) is 18.6. The van der Waals surface area contributed by atoms with Gasteiger partial charge in [0.2, 0.25) is 6.41 Å². The van der Waals surface area contributed by atoms with E-state index in [1.807, 2.05) is 60.7 Å². The number of fused-ring (bicyclic) bond motifs is 2. The molecule has 1 aliphatic rings. The number of nitrogens with zero attached hydrogens (tertiary/aromatic N) is 2. The van der Waals surface area contributed by atoms with Crippen LogP contribution < -0.4 is 15.4 Å². The third-order valence-electron chi connectivity index (χ3n) is 6.48. The van der Waals surface area contributed by atoms with E-state index in [1.165, 1.54) is 0 Å². The molecule has 3 N–H and O–H groups in total. The lowest BCUT2D eigenvalue weighted by molar-refractivity contribution is -0.108. The zero-order valence-corrected chi connectivity index (χ0v) is 20.5. The summed E-state index contributed by atoms with van der Waals surface area (Å²) in [6.07, 6.45) is 2.08. The molecule has 3 aromatic carbocycles. The molecule has 5 rings (SSSR count). The van der Waals surface area contributed by atoms with Crippen molar-refractivity contribution in [2.45, 2.75) is 12.6 Å². The summed E-state index contributed by atoms with van der Waals surface area (Å²) in [6, 6.07) is 21.7. The molecule has 0 saturated carbocycles. The number of aromatic nitrogens is 1. The summed E-state index contributed by atoms with van der Waals surface area (Å²) >= 11 is 0. The van der Waals surface area contributed by atoms with Gasteiger partial charge in [0.05, 0.1) is 18.2 Å². The number of para-hydroxylation sites is 1. The molecule has 0 aliphatic carbocycles. The highest BCUT2D eigenvalue weighted by atomic mass is 16.5. The number of amides is 4. The number of imide groups is 1. The number of pyridine rings is 1.